The molecule has 18 heavy (non-hydrogen) atoms. The van der Waals surface area contributed by atoms with Gasteiger partial charge in [-0.05, 0) is 26.0 Å². The number of ether oxygens (including phenoxy) is 1. The molecule has 1 N–H and O–H groups in total. The van der Waals surface area contributed by atoms with E-state index in [1.165, 1.54) is 6.08 Å². The van der Waals surface area contributed by atoms with Gasteiger partial charge in [-0.15, -0.1) is 0 Å². The number of hydrogen-bond acceptors (Lipinski definition) is 3. The van der Waals surface area contributed by atoms with E-state index in [-0.39, 0.29) is 5.91 Å². The topological polar surface area (TPSA) is 55.4 Å². The normalized spacial score (nSPS) is 10.9. The molecule has 0 aliphatic carbocycles. The molecule has 1 aromatic carbocycles. The lowest BCUT2D eigenvalue weighted by molar-refractivity contribution is -0.137. The van der Waals surface area contributed by atoms with Crippen molar-refractivity contribution >= 4 is 23.5 Å². The number of rotatable bonds is 4. The molecule has 0 unspecified atom stereocenters. The van der Waals surface area contributed by atoms with Crippen molar-refractivity contribution in [1.82, 2.24) is 5.32 Å². The number of nitrogens with one attached hydrogen (secondary N) is 1. The molecule has 1 aromatic rings. The molecule has 0 radical (unpaired) electrons. The first kappa shape index (κ1) is 14.3. The van der Waals surface area contributed by atoms with Crippen molar-refractivity contribution in [3.8, 4) is 0 Å². The molecule has 1 amide bonds. The zero-order valence-corrected chi connectivity index (χ0v) is 11.0. The van der Waals surface area contributed by atoms with E-state index in [0.717, 1.165) is 0 Å². The van der Waals surface area contributed by atoms with Crippen LogP contribution in [0.5, 0.6) is 0 Å². The monoisotopic (exact) mass is 267 g/mol. The zero-order valence-electron chi connectivity index (χ0n) is 10.2. The largest absolute Gasteiger partial charge is 0.463 e. The predicted molar refractivity (Wildman–Crippen MR) is 69.3 cm³/mol. The SMILES string of the molecule is CCOC(=O)/C=C(\C)NC(=O)c1ccccc1Cl. The molecule has 4 nitrogen and oxygen atoms in total. The van der Waals surface area contributed by atoms with E-state index in [9.17, 15) is 9.59 Å². The van der Waals surface area contributed by atoms with E-state index in [1.54, 1.807) is 38.1 Å². The Hall–Kier alpha value is -1.81. The van der Waals surface area contributed by atoms with Crippen molar-refractivity contribution in [3.05, 3.63) is 46.6 Å². The van der Waals surface area contributed by atoms with Gasteiger partial charge in [0, 0.05) is 11.8 Å². The molecular weight excluding hydrogens is 254 g/mol. The Kier molecular flexibility index (Phi) is 5.39. The first-order valence-electron chi connectivity index (χ1n) is 5.45. The molecule has 0 aromatic heterocycles. The number of allylic oxidation sites excluding steroid dienone is 1. The Morgan fingerprint density at radius 3 is 2.67 bits per heavy atom. The van der Waals surface area contributed by atoms with Crippen molar-refractivity contribution in [2.45, 2.75) is 13.8 Å². The Morgan fingerprint density at radius 2 is 2.06 bits per heavy atom. The Morgan fingerprint density at radius 1 is 1.39 bits per heavy atom. The first-order chi connectivity index (χ1) is 8.54. The zero-order chi connectivity index (χ0) is 13.5. The third-order valence-electron chi connectivity index (χ3n) is 2.05. The van der Waals surface area contributed by atoms with Crippen LogP contribution in [0.3, 0.4) is 0 Å². The Labute approximate surface area is 111 Å². The van der Waals surface area contributed by atoms with Gasteiger partial charge in [-0.2, -0.15) is 0 Å². The van der Waals surface area contributed by atoms with Gasteiger partial charge < -0.3 is 10.1 Å². The van der Waals surface area contributed by atoms with Crippen LogP contribution in [0.4, 0.5) is 0 Å². The maximum absolute atomic E-state index is 11.8. The second-order valence-electron chi connectivity index (χ2n) is 3.51. The summed E-state index contributed by atoms with van der Waals surface area (Å²) in [6, 6.07) is 6.68. The summed E-state index contributed by atoms with van der Waals surface area (Å²) in [5.41, 5.74) is 0.758. The second-order valence-corrected chi connectivity index (χ2v) is 3.92. The smallest absolute Gasteiger partial charge is 0.332 e. The molecule has 5 heteroatoms. The van der Waals surface area contributed by atoms with Crippen LogP contribution in [0.25, 0.3) is 0 Å². The molecule has 0 heterocycles. The number of esters is 1. The molecule has 0 saturated heterocycles. The molecule has 0 bridgehead atoms. The summed E-state index contributed by atoms with van der Waals surface area (Å²) in [4.78, 5) is 23.0. The van der Waals surface area contributed by atoms with Gasteiger partial charge in [0.25, 0.3) is 5.91 Å². The van der Waals surface area contributed by atoms with Crippen LogP contribution in [0, 0.1) is 0 Å². The number of amides is 1. The highest BCUT2D eigenvalue weighted by atomic mass is 35.5. The van der Waals surface area contributed by atoms with Crippen molar-refractivity contribution in [1.29, 1.82) is 0 Å². The lowest BCUT2D eigenvalue weighted by Crippen LogP contribution is -2.22. The lowest BCUT2D eigenvalue weighted by Gasteiger charge is -2.06. The summed E-state index contributed by atoms with van der Waals surface area (Å²) in [5, 5.41) is 2.92. The quantitative estimate of drug-likeness (QED) is 0.674. The number of hydrogen-bond donors (Lipinski definition) is 1. The average Bonchev–Trinajstić information content (AvgIpc) is 2.29. The summed E-state index contributed by atoms with van der Waals surface area (Å²) in [6.07, 6.45) is 1.22. The van der Waals surface area contributed by atoms with E-state index in [1.807, 2.05) is 0 Å². The number of carbonyl (C=O) groups excluding carboxylic acids is 2. The fraction of sp³-hybridized carbons (Fsp3) is 0.231. The molecule has 0 aliphatic rings. The van der Waals surface area contributed by atoms with E-state index >= 15 is 0 Å². The molecule has 0 atom stereocenters. The summed E-state index contributed by atoms with van der Waals surface area (Å²) in [6.45, 7) is 3.61. The predicted octanol–water partition coefficient (Wildman–Crippen LogP) is 2.54. The van der Waals surface area contributed by atoms with Crippen molar-refractivity contribution in [3.63, 3.8) is 0 Å². The van der Waals surface area contributed by atoms with E-state index < -0.39 is 5.97 Å². The standard InChI is InChI=1S/C13H14ClNO3/c1-3-18-12(16)8-9(2)15-13(17)10-6-4-5-7-11(10)14/h4-8H,3H2,1-2H3,(H,15,17)/b9-8+. The van der Waals surface area contributed by atoms with E-state index in [2.05, 4.69) is 5.32 Å². The van der Waals surface area contributed by atoms with Gasteiger partial charge in [0.2, 0.25) is 0 Å². The van der Waals surface area contributed by atoms with Crippen LogP contribution < -0.4 is 5.32 Å². The summed E-state index contributed by atoms with van der Waals surface area (Å²) in [5.74, 6) is -0.854. The molecule has 1 rings (SSSR count). The summed E-state index contributed by atoms with van der Waals surface area (Å²) < 4.78 is 4.73. The third-order valence-corrected chi connectivity index (χ3v) is 2.38. The van der Waals surface area contributed by atoms with Gasteiger partial charge >= 0.3 is 5.97 Å². The van der Waals surface area contributed by atoms with Crippen LogP contribution in [0.2, 0.25) is 5.02 Å². The van der Waals surface area contributed by atoms with Crippen LogP contribution >= 0.6 is 11.6 Å². The first-order valence-corrected chi connectivity index (χ1v) is 5.83. The number of halogens is 1. The number of carbonyl (C=O) groups is 2. The second kappa shape index (κ2) is 6.81. The molecule has 0 spiro atoms. The fourth-order valence-corrected chi connectivity index (χ4v) is 1.51. The molecule has 96 valence electrons. The molecule has 0 saturated carbocycles. The maximum atomic E-state index is 11.8. The lowest BCUT2D eigenvalue weighted by atomic mass is 10.2. The minimum atomic E-state index is -0.491. The highest BCUT2D eigenvalue weighted by Crippen LogP contribution is 2.14. The van der Waals surface area contributed by atoms with Crippen molar-refractivity contribution < 1.29 is 14.3 Å². The van der Waals surface area contributed by atoms with Crippen molar-refractivity contribution in [2.24, 2.45) is 0 Å². The van der Waals surface area contributed by atoms with Crippen LogP contribution in [-0.4, -0.2) is 18.5 Å². The maximum Gasteiger partial charge on any atom is 0.332 e. The average molecular weight is 268 g/mol. The summed E-state index contributed by atoms with van der Waals surface area (Å²) in [7, 11) is 0. The Balaban J connectivity index is 2.71. The highest BCUT2D eigenvalue weighted by Gasteiger charge is 2.09. The van der Waals surface area contributed by atoms with Gasteiger partial charge in [-0.3, -0.25) is 4.79 Å². The van der Waals surface area contributed by atoms with Gasteiger partial charge in [0.15, 0.2) is 0 Å². The van der Waals surface area contributed by atoms with Crippen molar-refractivity contribution in [2.75, 3.05) is 6.61 Å². The van der Waals surface area contributed by atoms with Crippen LogP contribution in [0.1, 0.15) is 24.2 Å². The minimum Gasteiger partial charge on any atom is -0.463 e. The Bertz CT molecular complexity index is 483. The van der Waals surface area contributed by atoms with Gasteiger partial charge in [0.05, 0.1) is 17.2 Å². The third kappa shape index (κ3) is 4.22. The van der Waals surface area contributed by atoms with Gasteiger partial charge in [-0.25, -0.2) is 4.79 Å². The molecule has 0 fully saturated rings. The molecule has 0 aliphatic heterocycles. The summed E-state index contributed by atoms with van der Waals surface area (Å²) >= 11 is 5.89. The number of benzene rings is 1. The fourth-order valence-electron chi connectivity index (χ4n) is 1.29. The highest BCUT2D eigenvalue weighted by molar-refractivity contribution is 6.33. The van der Waals surface area contributed by atoms with E-state index in [0.29, 0.717) is 22.9 Å². The minimum absolute atomic E-state index is 0.293. The van der Waals surface area contributed by atoms with Gasteiger partial charge in [-0.1, -0.05) is 23.7 Å². The molecular formula is C13H14ClNO3. The van der Waals surface area contributed by atoms with Crippen LogP contribution in [0.15, 0.2) is 36.0 Å². The van der Waals surface area contributed by atoms with E-state index in [4.69, 9.17) is 16.3 Å². The van der Waals surface area contributed by atoms with Crippen LogP contribution in [-0.2, 0) is 9.53 Å². The van der Waals surface area contributed by atoms with Gasteiger partial charge in [0.1, 0.15) is 0 Å².